The minimum Gasteiger partial charge on any atom is -0.478 e. The Morgan fingerprint density at radius 2 is 1.94 bits per heavy atom. The highest BCUT2D eigenvalue weighted by Crippen LogP contribution is 2.29. The van der Waals surface area contributed by atoms with E-state index >= 15 is 0 Å². The lowest BCUT2D eigenvalue weighted by atomic mass is 9.88. The molecule has 6 nitrogen and oxygen atoms in total. The van der Waals surface area contributed by atoms with Crippen LogP contribution in [0.2, 0.25) is 10.2 Å². The Morgan fingerprint density at radius 1 is 1.15 bits per heavy atom. The van der Waals surface area contributed by atoms with Gasteiger partial charge < -0.3 is 20.3 Å². The first-order valence-corrected chi connectivity index (χ1v) is 11.0. The first-order valence-electron chi connectivity index (χ1n) is 10.2. The standard InChI is InChI=1S/C24H22Cl2N2O4.ClH/c25-21-11-17(12-28-23(21)26)22(29)13-27-18-6-4-14-5-7-20(10-16(14)8-18)32-19-3-1-2-15(9-19)24(30)31;/h1-3,5,7,9-12,18,22,27,29H,4,6,8,13H2,(H,30,31);1H/t18-,22+;/m0./s1. The molecule has 3 N–H and O–H groups in total. The zero-order valence-corrected chi connectivity index (χ0v) is 19.8. The molecule has 33 heavy (non-hydrogen) atoms. The molecule has 2 aromatic carbocycles. The monoisotopic (exact) mass is 508 g/mol. The van der Waals surface area contributed by atoms with Crippen molar-refractivity contribution >= 4 is 41.6 Å². The van der Waals surface area contributed by atoms with Crippen LogP contribution in [0.5, 0.6) is 11.5 Å². The summed E-state index contributed by atoms with van der Waals surface area (Å²) < 4.78 is 5.89. The zero-order chi connectivity index (χ0) is 22.7. The molecular formula is C24H23Cl3N2O4. The van der Waals surface area contributed by atoms with Gasteiger partial charge in [0.15, 0.2) is 0 Å². The van der Waals surface area contributed by atoms with Gasteiger partial charge >= 0.3 is 5.97 Å². The average molecular weight is 510 g/mol. The summed E-state index contributed by atoms with van der Waals surface area (Å²) in [4.78, 5) is 15.2. The number of benzene rings is 2. The first kappa shape index (κ1) is 25.3. The number of rotatable bonds is 7. The summed E-state index contributed by atoms with van der Waals surface area (Å²) in [5, 5.41) is 23.6. The summed E-state index contributed by atoms with van der Waals surface area (Å²) in [7, 11) is 0. The summed E-state index contributed by atoms with van der Waals surface area (Å²) in [5.74, 6) is 0.149. The number of aromatic nitrogens is 1. The minimum absolute atomic E-state index is 0. The number of hydrogen-bond donors (Lipinski definition) is 3. The van der Waals surface area contributed by atoms with Crippen LogP contribution in [0.1, 0.15) is 39.6 Å². The highest BCUT2D eigenvalue weighted by atomic mass is 35.5. The van der Waals surface area contributed by atoms with E-state index in [2.05, 4.69) is 16.4 Å². The van der Waals surface area contributed by atoms with E-state index in [1.165, 1.54) is 29.5 Å². The molecule has 0 unspecified atom stereocenters. The molecular weight excluding hydrogens is 487 g/mol. The van der Waals surface area contributed by atoms with Crippen LogP contribution >= 0.6 is 35.6 Å². The number of carbonyl (C=O) groups is 1. The van der Waals surface area contributed by atoms with Gasteiger partial charge in [-0.2, -0.15) is 0 Å². The van der Waals surface area contributed by atoms with Crippen molar-refractivity contribution in [1.82, 2.24) is 10.3 Å². The summed E-state index contributed by atoms with van der Waals surface area (Å²) >= 11 is 11.8. The highest BCUT2D eigenvalue weighted by Gasteiger charge is 2.20. The van der Waals surface area contributed by atoms with Gasteiger partial charge in [-0.1, -0.05) is 35.3 Å². The molecule has 1 heterocycles. The topological polar surface area (TPSA) is 91.7 Å². The Kier molecular flexibility index (Phi) is 8.57. The van der Waals surface area contributed by atoms with Crippen molar-refractivity contribution in [1.29, 1.82) is 0 Å². The van der Waals surface area contributed by atoms with E-state index in [-0.39, 0.29) is 29.2 Å². The number of fused-ring (bicyclic) bond motifs is 1. The molecule has 4 rings (SSSR count). The van der Waals surface area contributed by atoms with Gasteiger partial charge in [0.1, 0.15) is 16.7 Å². The largest absolute Gasteiger partial charge is 0.478 e. The number of aliphatic hydroxyl groups is 1. The normalized spacial score (nSPS) is 15.8. The van der Waals surface area contributed by atoms with E-state index in [0.29, 0.717) is 28.6 Å². The van der Waals surface area contributed by atoms with E-state index in [4.69, 9.17) is 33.0 Å². The van der Waals surface area contributed by atoms with Crippen LogP contribution in [-0.2, 0) is 12.8 Å². The van der Waals surface area contributed by atoms with Gasteiger partial charge in [0.2, 0.25) is 0 Å². The SMILES string of the molecule is Cl.O=C(O)c1cccc(Oc2ccc3c(c2)C[C@@H](NC[C@@H](O)c2cnc(Cl)c(Cl)c2)CC3)c1. The van der Waals surface area contributed by atoms with Crippen molar-refractivity contribution in [2.24, 2.45) is 0 Å². The fraction of sp³-hybridized carbons (Fsp3) is 0.250. The molecule has 1 aliphatic carbocycles. The fourth-order valence-electron chi connectivity index (χ4n) is 3.81. The second-order valence-corrected chi connectivity index (χ2v) is 8.54. The lowest BCUT2D eigenvalue weighted by molar-refractivity contribution is 0.0696. The van der Waals surface area contributed by atoms with Crippen LogP contribution in [0.25, 0.3) is 0 Å². The number of nitrogens with one attached hydrogen (secondary N) is 1. The maximum absolute atomic E-state index is 11.2. The number of aryl methyl sites for hydroxylation is 1. The van der Waals surface area contributed by atoms with Crippen molar-refractivity contribution in [3.05, 3.63) is 87.2 Å². The number of aromatic carboxylic acids is 1. The number of pyridine rings is 1. The molecule has 0 spiro atoms. The van der Waals surface area contributed by atoms with Crippen molar-refractivity contribution < 1.29 is 19.7 Å². The third-order valence-electron chi connectivity index (χ3n) is 5.52. The second-order valence-electron chi connectivity index (χ2n) is 7.77. The second kappa shape index (κ2) is 11.2. The minimum atomic E-state index is -0.992. The van der Waals surface area contributed by atoms with E-state index in [9.17, 15) is 9.90 Å². The van der Waals surface area contributed by atoms with Crippen molar-refractivity contribution in [2.75, 3.05) is 6.54 Å². The molecule has 174 valence electrons. The molecule has 3 aromatic rings. The quantitative estimate of drug-likeness (QED) is 0.365. The molecule has 9 heteroatoms. The lowest BCUT2D eigenvalue weighted by Crippen LogP contribution is -2.37. The van der Waals surface area contributed by atoms with E-state index in [0.717, 1.165) is 19.3 Å². The summed E-state index contributed by atoms with van der Waals surface area (Å²) in [6.07, 6.45) is 3.47. The van der Waals surface area contributed by atoms with E-state index < -0.39 is 12.1 Å². The predicted octanol–water partition coefficient (Wildman–Crippen LogP) is 5.48. The Bertz CT molecular complexity index is 1140. The summed E-state index contributed by atoms with van der Waals surface area (Å²) in [5.41, 5.74) is 3.23. The number of carboxylic acids is 1. The Balaban J connectivity index is 0.00000306. The number of aliphatic hydroxyl groups excluding tert-OH is 1. The van der Waals surface area contributed by atoms with Crippen LogP contribution in [0.15, 0.2) is 54.7 Å². The lowest BCUT2D eigenvalue weighted by Gasteiger charge is -2.27. The molecule has 0 amide bonds. The van der Waals surface area contributed by atoms with E-state index in [1.807, 2.05) is 12.1 Å². The van der Waals surface area contributed by atoms with Crippen LogP contribution in [-0.4, -0.2) is 33.8 Å². The molecule has 0 saturated heterocycles. The molecule has 0 saturated carbocycles. The van der Waals surface area contributed by atoms with Crippen LogP contribution in [0.3, 0.4) is 0 Å². The van der Waals surface area contributed by atoms with Gasteiger partial charge in [0.25, 0.3) is 0 Å². The third kappa shape index (κ3) is 6.37. The number of ether oxygens (including phenoxy) is 1. The molecule has 2 atom stereocenters. The Morgan fingerprint density at radius 3 is 2.70 bits per heavy atom. The summed E-state index contributed by atoms with van der Waals surface area (Å²) in [6, 6.07) is 14.2. The van der Waals surface area contributed by atoms with Gasteiger partial charge in [-0.15, -0.1) is 12.4 Å². The molecule has 1 aromatic heterocycles. The van der Waals surface area contributed by atoms with Crippen molar-refractivity contribution in [3.63, 3.8) is 0 Å². The molecule has 0 fully saturated rings. The van der Waals surface area contributed by atoms with Crippen molar-refractivity contribution in [2.45, 2.75) is 31.4 Å². The molecule has 0 radical (unpaired) electrons. The van der Waals surface area contributed by atoms with Crippen molar-refractivity contribution in [3.8, 4) is 11.5 Å². The van der Waals surface area contributed by atoms with E-state index in [1.54, 1.807) is 18.2 Å². The predicted molar refractivity (Wildman–Crippen MR) is 130 cm³/mol. The van der Waals surface area contributed by atoms with Crippen LogP contribution < -0.4 is 10.1 Å². The molecule has 0 bridgehead atoms. The Hall–Kier alpha value is -2.35. The smallest absolute Gasteiger partial charge is 0.335 e. The number of hydrogen-bond acceptors (Lipinski definition) is 5. The number of halogens is 3. The average Bonchev–Trinajstić information content (AvgIpc) is 2.79. The number of carboxylic acid groups (broad SMARTS) is 1. The molecule has 1 aliphatic rings. The third-order valence-corrected chi connectivity index (χ3v) is 6.21. The zero-order valence-electron chi connectivity index (χ0n) is 17.5. The van der Waals surface area contributed by atoms with Gasteiger partial charge in [0, 0.05) is 24.3 Å². The van der Waals surface area contributed by atoms with Gasteiger partial charge in [-0.25, -0.2) is 9.78 Å². The highest BCUT2D eigenvalue weighted by molar-refractivity contribution is 6.41. The Labute approximate surface area is 207 Å². The maximum atomic E-state index is 11.2. The number of nitrogens with zero attached hydrogens (tertiary/aromatic N) is 1. The van der Waals surface area contributed by atoms with Gasteiger partial charge in [-0.05, 0) is 66.8 Å². The molecule has 0 aliphatic heterocycles. The fourth-order valence-corrected chi connectivity index (χ4v) is 4.09. The van der Waals surface area contributed by atoms with Gasteiger partial charge in [-0.3, -0.25) is 0 Å². The van der Waals surface area contributed by atoms with Crippen LogP contribution in [0, 0.1) is 0 Å². The summed E-state index contributed by atoms with van der Waals surface area (Å²) in [6.45, 7) is 0.373. The van der Waals surface area contributed by atoms with Crippen LogP contribution in [0.4, 0.5) is 0 Å². The maximum Gasteiger partial charge on any atom is 0.335 e. The first-order chi connectivity index (χ1) is 15.4. The van der Waals surface area contributed by atoms with Gasteiger partial charge in [0.05, 0.1) is 16.7 Å².